The van der Waals surface area contributed by atoms with Gasteiger partial charge in [0.2, 0.25) is 0 Å². The van der Waals surface area contributed by atoms with Crippen molar-refractivity contribution in [2.45, 2.75) is 58.0 Å². The molecule has 90 valence electrons. The molecule has 1 heterocycles. The Balaban J connectivity index is 2.30. The van der Waals surface area contributed by atoms with Gasteiger partial charge in [0.1, 0.15) is 0 Å². The van der Waals surface area contributed by atoms with E-state index in [1.165, 1.54) is 12.8 Å². The molecule has 2 nitrogen and oxygen atoms in total. The highest BCUT2D eigenvalue weighted by Crippen LogP contribution is 2.27. The van der Waals surface area contributed by atoms with Crippen LogP contribution in [0, 0.1) is 5.92 Å². The van der Waals surface area contributed by atoms with Gasteiger partial charge in [0.15, 0.2) is 0 Å². The molecular formula is C13H27NO. The molecule has 1 aliphatic heterocycles. The van der Waals surface area contributed by atoms with Crippen LogP contribution in [0.1, 0.15) is 52.4 Å². The Bertz CT molecular complexity index is 181. The average molecular weight is 213 g/mol. The lowest BCUT2D eigenvalue weighted by Crippen LogP contribution is -2.30. The Morgan fingerprint density at radius 2 is 2.00 bits per heavy atom. The number of aliphatic hydroxyl groups is 1. The van der Waals surface area contributed by atoms with Crippen molar-refractivity contribution in [3.05, 3.63) is 0 Å². The highest BCUT2D eigenvalue weighted by molar-refractivity contribution is 4.82. The van der Waals surface area contributed by atoms with Gasteiger partial charge in [-0.2, -0.15) is 0 Å². The molecule has 1 rings (SSSR count). The summed E-state index contributed by atoms with van der Waals surface area (Å²) in [7, 11) is 2.15. The third kappa shape index (κ3) is 4.98. The van der Waals surface area contributed by atoms with Gasteiger partial charge >= 0.3 is 0 Å². The van der Waals surface area contributed by atoms with Gasteiger partial charge in [-0.3, -0.25) is 0 Å². The number of likely N-dealkylation sites (tertiary alicyclic amines) is 1. The summed E-state index contributed by atoms with van der Waals surface area (Å²) in [5, 5.41) is 10.5. The van der Waals surface area contributed by atoms with Gasteiger partial charge < -0.3 is 10.0 Å². The molecule has 1 aliphatic rings. The Morgan fingerprint density at radius 3 is 2.67 bits per heavy atom. The molecule has 1 unspecified atom stereocenters. The lowest BCUT2D eigenvalue weighted by atomic mass is 9.88. The third-order valence-corrected chi connectivity index (χ3v) is 3.56. The standard InChI is InChI=1S/C13H27NO/c1-12(2)6-4-7-13(15)8-5-10-14(3)11-9-13/h12,15H,4-11H2,1-3H3. The highest BCUT2D eigenvalue weighted by atomic mass is 16.3. The Hall–Kier alpha value is -0.0800. The summed E-state index contributed by atoms with van der Waals surface area (Å²) in [4.78, 5) is 2.33. The van der Waals surface area contributed by atoms with Gasteiger partial charge in [0, 0.05) is 6.54 Å². The number of hydrogen-bond acceptors (Lipinski definition) is 2. The van der Waals surface area contributed by atoms with E-state index in [-0.39, 0.29) is 5.60 Å². The van der Waals surface area contributed by atoms with Crippen molar-refractivity contribution in [2.75, 3.05) is 20.1 Å². The predicted octanol–water partition coefficient (Wildman–Crippen LogP) is 2.66. The highest BCUT2D eigenvalue weighted by Gasteiger charge is 2.28. The van der Waals surface area contributed by atoms with Crippen molar-refractivity contribution in [2.24, 2.45) is 5.92 Å². The topological polar surface area (TPSA) is 23.5 Å². The van der Waals surface area contributed by atoms with Crippen LogP contribution in [0.2, 0.25) is 0 Å². The average Bonchev–Trinajstić information content (AvgIpc) is 2.29. The first kappa shape index (κ1) is 13.0. The van der Waals surface area contributed by atoms with Crippen LogP contribution in [-0.2, 0) is 0 Å². The molecule has 0 spiro atoms. The normalized spacial score (nSPS) is 29.4. The van der Waals surface area contributed by atoms with E-state index in [4.69, 9.17) is 0 Å². The van der Waals surface area contributed by atoms with E-state index < -0.39 is 0 Å². The van der Waals surface area contributed by atoms with Crippen molar-refractivity contribution >= 4 is 0 Å². The van der Waals surface area contributed by atoms with Gasteiger partial charge in [0.25, 0.3) is 0 Å². The molecule has 2 heteroatoms. The van der Waals surface area contributed by atoms with Gasteiger partial charge in [-0.05, 0) is 45.2 Å². The van der Waals surface area contributed by atoms with Gasteiger partial charge in [-0.25, -0.2) is 0 Å². The lowest BCUT2D eigenvalue weighted by Gasteiger charge is -2.26. The second-order valence-corrected chi connectivity index (χ2v) is 5.67. The quantitative estimate of drug-likeness (QED) is 0.776. The molecule has 0 bridgehead atoms. The first-order chi connectivity index (χ1) is 7.02. The smallest absolute Gasteiger partial charge is 0.0660 e. The molecule has 0 saturated carbocycles. The fourth-order valence-corrected chi connectivity index (χ4v) is 2.40. The first-order valence-electron chi connectivity index (χ1n) is 6.43. The first-order valence-corrected chi connectivity index (χ1v) is 6.43. The monoisotopic (exact) mass is 213 g/mol. The predicted molar refractivity (Wildman–Crippen MR) is 65.0 cm³/mol. The second-order valence-electron chi connectivity index (χ2n) is 5.67. The van der Waals surface area contributed by atoms with E-state index in [1.54, 1.807) is 0 Å². The maximum Gasteiger partial charge on any atom is 0.0660 e. The zero-order valence-corrected chi connectivity index (χ0v) is 10.6. The van der Waals surface area contributed by atoms with Crippen LogP contribution in [0.3, 0.4) is 0 Å². The molecule has 0 amide bonds. The van der Waals surface area contributed by atoms with Crippen molar-refractivity contribution < 1.29 is 5.11 Å². The van der Waals surface area contributed by atoms with Gasteiger partial charge in [0.05, 0.1) is 5.60 Å². The summed E-state index contributed by atoms with van der Waals surface area (Å²) < 4.78 is 0. The van der Waals surface area contributed by atoms with E-state index in [0.29, 0.717) is 0 Å². The number of nitrogens with zero attached hydrogens (tertiary/aromatic N) is 1. The largest absolute Gasteiger partial charge is 0.390 e. The van der Waals surface area contributed by atoms with E-state index >= 15 is 0 Å². The lowest BCUT2D eigenvalue weighted by molar-refractivity contribution is 0.0145. The summed E-state index contributed by atoms with van der Waals surface area (Å²) in [6.07, 6.45) is 6.53. The molecule has 0 aromatic heterocycles. The summed E-state index contributed by atoms with van der Waals surface area (Å²) in [5.74, 6) is 0.766. The van der Waals surface area contributed by atoms with Crippen LogP contribution >= 0.6 is 0 Å². The maximum absolute atomic E-state index is 10.5. The van der Waals surface area contributed by atoms with E-state index in [0.717, 1.165) is 44.7 Å². The Labute approximate surface area is 94.7 Å². The summed E-state index contributed by atoms with van der Waals surface area (Å²) in [5.41, 5.74) is -0.361. The Kier molecular flexibility index (Phi) is 5.07. The number of hydrogen-bond donors (Lipinski definition) is 1. The zero-order chi connectivity index (χ0) is 11.3. The molecule has 1 saturated heterocycles. The van der Waals surface area contributed by atoms with Crippen molar-refractivity contribution in [3.8, 4) is 0 Å². The summed E-state index contributed by atoms with van der Waals surface area (Å²) in [6.45, 7) is 6.71. The van der Waals surface area contributed by atoms with Crippen LogP contribution in [-0.4, -0.2) is 35.7 Å². The molecule has 1 fully saturated rings. The van der Waals surface area contributed by atoms with E-state index in [2.05, 4.69) is 25.8 Å². The molecule has 1 N–H and O–H groups in total. The molecular weight excluding hydrogens is 186 g/mol. The van der Waals surface area contributed by atoms with E-state index in [1.807, 2.05) is 0 Å². The van der Waals surface area contributed by atoms with Gasteiger partial charge in [-0.1, -0.05) is 26.7 Å². The molecule has 0 aliphatic carbocycles. The molecule has 0 aromatic carbocycles. The zero-order valence-electron chi connectivity index (χ0n) is 10.6. The number of rotatable bonds is 4. The maximum atomic E-state index is 10.5. The second kappa shape index (κ2) is 5.86. The minimum atomic E-state index is -0.361. The van der Waals surface area contributed by atoms with Crippen LogP contribution in [0.5, 0.6) is 0 Å². The fraction of sp³-hybridized carbons (Fsp3) is 1.00. The third-order valence-electron chi connectivity index (χ3n) is 3.56. The summed E-state index contributed by atoms with van der Waals surface area (Å²) >= 11 is 0. The van der Waals surface area contributed by atoms with Crippen LogP contribution in [0.4, 0.5) is 0 Å². The fourth-order valence-electron chi connectivity index (χ4n) is 2.40. The van der Waals surface area contributed by atoms with Gasteiger partial charge in [-0.15, -0.1) is 0 Å². The van der Waals surface area contributed by atoms with Crippen LogP contribution < -0.4 is 0 Å². The van der Waals surface area contributed by atoms with Crippen molar-refractivity contribution in [1.82, 2.24) is 4.90 Å². The van der Waals surface area contributed by atoms with Crippen molar-refractivity contribution in [1.29, 1.82) is 0 Å². The SMILES string of the molecule is CC(C)CCCC1(O)CCCN(C)CC1. The minimum absolute atomic E-state index is 0.361. The Morgan fingerprint density at radius 1 is 1.27 bits per heavy atom. The van der Waals surface area contributed by atoms with Crippen LogP contribution in [0.15, 0.2) is 0 Å². The van der Waals surface area contributed by atoms with Crippen LogP contribution in [0.25, 0.3) is 0 Å². The molecule has 1 atom stereocenters. The molecule has 0 aromatic rings. The summed E-state index contributed by atoms with van der Waals surface area (Å²) in [6, 6.07) is 0. The van der Waals surface area contributed by atoms with Crippen molar-refractivity contribution in [3.63, 3.8) is 0 Å². The molecule has 0 radical (unpaired) electrons. The molecule has 15 heavy (non-hydrogen) atoms. The van der Waals surface area contributed by atoms with E-state index in [9.17, 15) is 5.11 Å². The minimum Gasteiger partial charge on any atom is -0.390 e.